The highest BCUT2D eigenvalue weighted by Crippen LogP contribution is 2.15. The molecule has 4 heteroatoms. The van der Waals surface area contributed by atoms with Crippen molar-refractivity contribution >= 4 is 11.0 Å². The number of hydrogen-bond donors (Lipinski definition) is 1. The third-order valence-corrected chi connectivity index (χ3v) is 3.60. The van der Waals surface area contributed by atoms with Gasteiger partial charge in [0.15, 0.2) is 0 Å². The lowest BCUT2D eigenvalue weighted by Gasteiger charge is -2.10. The molecule has 4 nitrogen and oxygen atoms in total. The smallest absolute Gasteiger partial charge is 0.113 e. The quantitative estimate of drug-likeness (QED) is 0.706. The number of rotatable bonds is 6. The first-order valence-corrected chi connectivity index (χ1v) is 7.44. The van der Waals surface area contributed by atoms with Crippen molar-refractivity contribution in [2.24, 2.45) is 0 Å². The Morgan fingerprint density at radius 2 is 1.76 bits per heavy atom. The van der Waals surface area contributed by atoms with Crippen molar-refractivity contribution in [3.8, 4) is 0 Å². The average Bonchev–Trinajstić information content (AvgIpc) is 2.93. The summed E-state index contributed by atoms with van der Waals surface area (Å²) in [5.74, 6) is 0. The second-order valence-corrected chi connectivity index (χ2v) is 5.18. The maximum Gasteiger partial charge on any atom is 0.113 e. The van der Waals surface area contributed by atoms with Crippen molar-refractivity contribution in [1.82, 2.24) is 20.3 Å². The summed E-state index contributed by atoms with van der Waals surface area (Å²) in [4.78, 5) is 0. The number of fused-ring (bicyclic) bond motifs is 1. The van der Waals surface area contributed by atoms with Gasteiger partial charge in [-0.05, 0) is 36.2 Å². The Morgan fingerprint density at radius 3 is 2.62 bits per heavy atom. The number of para-hydroxylation sites is 1. The summed E-state index contributed by atoms with van der Waals surface area (Å²) in [5.41, 5.74) is 4.63. The zero-order valence-electron chi connectivity index (χ0n) is 12.3. The van der Waals surface area contributed by atoms with E-state index in [1.807, 2.05) is 22.9 Å². The lowest BCUT2D eigenvalue weighted by molar-refractivity contribution is 0.643. The molecule has 108 valence electrons. The van der Waals surface area contributed by atoms with E-state index >= 15 is 0 Å². The monoisotopic (exact) mass is 280 g/mol. The third-order valence-electron chi connectivity index (χ3n) is 3.60. The van der Waals surface area contributed by atoms with Crippen molar-refractivity contribution in [2.45, 2.75) is 26.4 Å². The van der Waals surface area contributed by atoms with Crippen molar-refractivity contribution in [2.75, 3.05) is 6.54 Å². The van der Waals surface area contributed by atoms with E-state index in [1.165, 1.54) is 11.1 Å². The average molecular weight is 280 g/mol. The van der Waals surface area contributed by atoms with Gasteiger partial charge < -0.3 is 5.32 Å². The summed E-state index contributed by atoms with van der Waals surface area (Å²) in [6.07, 6.45) is 1.15. The third kappa shape index (κ3) is 3.11. The molecule has 2 aromatic carbocycles. The molecule has 0 spiro atoms. The molecule has 0 saturated carbocycles. The van der Waals surface area contributed by atoms with Crippen LogP contribution in [0.1, 0.15) is 24.5 Å². The maximum absolute atomic E-state index is 4.27. The number of nitrogens with one attached hydrogen (secondary N) is 1. The second-order valence-electron chi connectivity index (χ2n) is 5.18. The zero-order valence-corrected chi connectivity index (χ0v) is 12.3. The van der Waals surface area contributed by atoms with E-state index in [1.54, 1.807) is 0 Å². The minimum absolute atomic E-state index is 0.754. The van der Waals surface area contributed by atoms with Crippen LogP contribution in [0.5, 0.6) is 0 Å². The van der Waals surface area contributed by atoms with Gasteiger partial charge in [0.2, 0.25) is 0 Å². The molecule has 0 fully saturated rings. The van der Waals surface area contributed by atoms with Crippen LogP contribution >= 0.6 is 0 Å². The van der Waals surface area contributed by atoms with Crippen molar-refractivity contribution < 1.29 is 0 Å². The second kappa shape index (κ2) is 6.50. The van der Waals surface area contributed by atoms with Crippen molar-refractivity contribution in [3.05, 3.63) is 59.7 Å². The fraction of sp³-hybridized carbons (Fsp3) is 0.294. The van der Waals surface area contributed by atoms with E-state index in [2.05, 4.69) is 52.9 Å². The normalized spacial score (nSPS) is 11.1. The molecule has 0 unspecified atom stereocenters. The van der Waals surface area contributed by atoms with Gasteiger partial charge in [-0.25, -0.2) is 4.68 Å². The fourth-order valence-corrected chi connectivity index (χ4v) is 2.48. The number of nitrogens with zero attached hydrogens (tertiary/aromatic N) is 3. The first-order valence-electron chi connectivity index (χ1n) is 7.44. The van der Waals surface area contributed by atoms with Gasteiger partial charge in [-0.1, -0.05) is 48.5 Å². The first kappa shape index (κ1) is 13.8. The Balaban J connectivity index is 1.84. The standard InChI is InChI=1S/C17H20N4/c1-2-11-18-12-14-7-3-4-8-15(14)13-21-17-10-6-5-9-16(17)19-20-21/h3-10,18H,2,11-13H2,1H3. The SMILES string of the molecule is CCCNCc1ccccc1Cn1nnc2ccccc21. The summed E-state index contributed by atoms with van der Waals surface area (Å²) in [6, 6.07) is 16.6. The highest BCUT2D eigenvalue weighted by molar-refractivity contribution is 5.73. The highest BCUT2D eigenvalue weighted by atomic mass is 15.4. The van der Waals surface area contributed by atoms with Gasteiger partial charge in [-0.15, -0.1) is 5.10 Å². The zero-order chi connectivity index (χ0) is 14.5. The Kier molecular flexibility index (Phi) is 4.26. The predicted octanol–water partition coefficient (Wildman–Crippen LogP) is 2.98. The molecule has 0 radical (unpaired) electrons. The van der Waals surface area contributed by atoms with E-state index in [0.29, 0.717) is 0 Å². The Morgan fingerprint density at radius 1 is 1.00 bits per heavy atom. The van der Waals surface area contributed by atoms with Gasteiger partial charge in [-0.3, -0.25) is 0 Å². The van der Waals surface area contributed by atoms with Gasteiger partial charge in [0.1, 0.15) is 5.52 Å². The molecular weight excluding hydrogens is 260 g/mol. The summed E-state index contributed by atoms with van der Waals surface area (Å²) >= 11 is 0. The molecule has 0 aliphatic rings. The molecule has 0 atom stereocenters. The molecule has 0 aliphatic heterocycles. The highest BCUT2D eigenvalue weighted by Gasteiger charge is 2.07. The van der Waals surface area contributed by atoms with Crippen molar-refractivity contribution in [1.29, 1.82) is 0 Å². The molecule has 1 N–H and O–H groups in total. The molecule has 1 heterocycles. The number of aromatic nitrogens is 3. The van der Waals surface area contributed by atoms with E-state index in [4.69, 9.17) is 0 Å². The van der Waals surface area contributed by atoms with Crippen LogP contribution < -0.4 is 5.32 Å². The Labute approximate surface area is 124 Å². The van der Waals surface area contributed by atoms with E-state index in [-0.39, 0.29) is 0 Å². The van der Waals surface area contributed by atoms with Gasteiger partial charge in [0.05, 0.1) is 12.1 Å². The van der Waals surface area contributed by atoms with Crippen LogP contribution in [-0.4, -0.2) is 21.5 Å². The van der Waals surface area contributed by atoms with Crippen LogP contribution in [-0.2, 0) is 13.1 Å². The number of hydrogen-bond acceptors (Lipinski definition) is 3. The van der Waals surface area contributed by atoms with E-state index in [9.17, 15) is 0 Å². The van der Waals surface area contributed by atoms with Crippen LogP contribution in [0.15, 0.2) is 48.5 Å². The van der Waals surface area contributed by atoms with Gasteiger partial charge >= 0.3 is 0 Å². The molecular formula is C17H20N4. The predicted molar refractivity (Wildman–Crippen MR) is 85.1 cm³/mol. The minimum atomic E-state index is 0.754. The summed E-state index contributed by atoms with van der Waals surface area (Å²) < 4.78 is 1.97. The lowest BCUT2D eigenvalue weighted by atomic mass is 10.1. The summed E-state index contributed by atoms with van der Waals surface area (Å²) in [6.45, 7) is 4.88. The van der Waals surface area contributed by atoms with Crippen LogP contribution in [0.3, 0.4) is 0 Å². The van der Waals surface area contributed by atoms with Crippen LogP contribution in [0, 0.1) is 0 Å². The molecule has 0 saturated heterocycles. The van der Waals surface area contributed by atoms with E-state index < -0.39 is 0 Å². The van der Waals surface area contributed by atoms with Crippen LogP contribution in [0.2, 0.25) is 0 Å². The first-order chi connectivity index (χ1) is 10.4. The van der Waals surface area contributed by atoms with Crippen LogP contribution in [0.4, 0.5) is 0 Å². The molecule has 21 heavy (non-hydrogen) atoms. The molecule has 1 aromatic heterocycles. The van der Waals surface area contributed by atoms with E-state index in [0.717, 1.165) is 37.1 Å². The fourth-order valence-electron chi connectivity index (χ4n) is 2.48. The Hall–Kier alpha value is -2.20. The topological polar surface area (TPSA) is 42.7 Å². The molecule has 0 amide bonds. The largest absolute Gasteiger partial charge is 0.313 e. The van der Waals surface area contributed by atoms with Crippen LogP contribution in [0.25, 0.3) is 11.0 Å². The molecule has 0 bridgehead atoms. The van der Waals surface area contributed by atoms with Gasteiger partial charge in [0, 0.05) is 6.54 Å². The van der Waals surface area contributed by atoms with Gasteiger partial charge in [0.25, 0.3) is 0 Å². The minimum Gasteiger partial charge on any atom is -0.313 e. The number of benzene rings is 2. The molecule has 3 aromatic rings. The lowest BCUT2D eigenvalue weighted by Crippen LogP contribution is -2.16. The molecule has 3 rings (SSSR count). The summed E-state index contributed by atoms with van der Waals surface area (Å²) in [7, 11) is 0. The van der Waals surface area contributed by atoms with Gasteiger partial charge in [-0.2, -0.15) is 0 Å². The van der Waals surface area contributed by atoms with Crippen molar-refractivity contribution in [3.63, 3.8) is 0 Å². The Bertz CT molecular complexity index is 717. The summed E-state index contributed by atoms with van der Waals surface area (Å²) in [5, 5.41) is 12.0. The maximum atomic E-state index is 4.27. The molecule has 0 aliphatic carbocycles.